The van der Waals surface area contributed by atoms with Gasteiger partial charge < -0.3 is 15.3 Å². The molecule has 0 radical (unpaired) electrons. The Bertz CT molecular complexity index is 769. The highest BCUT2D eigenvalue weighted by molar-refractivity contribution is 7.80. The van der Waals surface area contributed by atoms with Crippen LogP contribution in [0.5, 0.6) is 0 Å². The van der Waals surface area contributed by atoms with Crippen LogP contribution in [0.4, 0.5) is 0 Å². The summed E-state index contributed by atoms with van der Waals surface area (Å²) < 4.78 is 36.5. The van der Waals surface area contributed by atoms with Crippen LogP contribution in [0.25, 0.3) is 0 Å². The number of aliphatic hydroxyl groups excluding tert-OH is 3. The van der Waals surface area contributed by atoms with E-state index in [9.17, 15) is 23.7 Å². The maximum atomic E-state index is 11.3. The zero-order valence-corrected chi connectivity index (χ0v) is 18.0. The molecule has 4 aliphatic rings. The molecule has 0 aromatic rings. The van der Waals surface area contributed by atoms with Crippen molar-refractivity contribution < 1.29 is 32.5 Å². The highest BCUT2D eigenvalue weighted by Crippen LogP contribution is 2.67. The first-order chi connectivity index (χ1) is 13.4. The second kappa shape index (κ2) is 7.00. The van der Waals surface area contributed by atoms with Crippen molar-refractivity contribution in [2.45, 2.75) is 76.8 Å². The van der Waals surface area contributed by atoms with Gasteiger partial charge in [-0.05, 0) is 73.0 Å². The summed E-state index contributed by atoms with van der Waals surface area (Å²) >= 11 is 0. The molecule has 4 rings (SSSR count). The van der Waals surface area contributed by atoms with Crippen LogP contribution in [0, 0.1) is 40.4 Å². The fourth-order valence-corrected chi connectivity index (χ4v) is 8.58. The van der Waals surface area contributed by atoms with Gasteiger partial charge in [0.25, 0.3) is 0 Å². The Kier molecular flexibility index (Phi) is 5.24. The molecule has 166 valence electrons. The fraction of sp³-hybridized carbons (Fsp3) is 0.905. The molecule has 0 heterocycles. The summed E-state index contributed by atoms with van der Waals surface area (Å²) in [5.74, 6) is 0.884. The normalized spacial score (nSPS) is 54.9. The van der Waals surface area contributed by atoms with E-state index in [2.05, 4.69) is 20.4 Å². The second-order valence-corrected chi connectivity index (χ2v) is 11.5. The minimum absolute atomic E-state index is 0.00264. The molecule has 0 unspecified atom stereocenters. The first kappa shape index (κ1) is 21.7. The summed E-state index contributed by atoms with van der Waals surface area (Å²) in [5.41, 5.74) is -0.405. The summed E-state index contributed by atoms with van der Waals surface area (Å²) in [4.78, 5) is 0. The zero-order valence-electron chi connectivity index (χ0n) is 17.1. The van der Waals surface area contributed by atoms with Crippen molar-refractivity contribution in [2.24, 2.45) is 40.4 Å². The average molecular weight is 431 g/mol. The van der Waals surface area contributed by atoms with Gasteiger partial charge in [0, 0.05) is 5.92 Å². The van der Waals surface area contributed by atoms with E-state index in [-0.39, 0.29) is 35.7 Å². The van der Waals surface area contributed by atoms with Crippen molar-refractivity contribution in [3.8, 4) is 0 Å². The molecule has 29 heavy (non-hydrogen) atoms. The minimum atomic E-state index is -4.73. The van der Waals surface area contributed by atoms with Gasteiger partial charge in [-0.3, -0.25) is 4.55 Å². The highest BCUT2D eigenvalue weighted by atomic mass is 32.3. The van der Waals surface area contributed by atoms with Gasteiger partial charge in [0.15, 0.2) is 0 Å². The smallest absolute Gasteiger partial charge is 0.392 e. The van der Waals surface area contributed by atoms with E-state index in [1.54, 1.807) is 0 Å². The Morgan fingerprint density at radius 2 is 1.69 bits per heavy atom. The average Bonchev–Trinajstić information content (AvgIpc) is 2.87. The third-order valence-corrected chi connectivity index (χ3v) is 9.82. The Balaban J connectivity index is 1.65. The lowest BCUT2D eigenvalue weighted by Gasteiger charge is -2.62. The molecular weight excluding hydrogens is 396 g/mol. The molecule has 0 bridgehead atoms. The molecule has 0 saturated heterocycles. The molecule has 0 aromatic heterocycles. The second-order valence-electron chi connectivity index (χ2n) is 10.4. The van der Waals surface area contributed by atoms with Crippen LogP contribution in [-0.4, -0.2) is 52.7 Å². The summed E-state index contributed by atoms with van der Waals surface area (Å²) in [5, 5.41) is 31.9. The van der Waals surface area contributed by atoms with Gasteiger partial charge in [0.2, 0.25) is 0 Å². The van der Waals surface area contributed by atoms with E-state index in [0.29, 0.717) is 11.8 Å². The Morgan fingerprint density at radius 1 is 1.00 bits per heavy atom. The number of fused-ring (bicyclic) bond motifs is 5. The predicted molar refractivity (Wildman–Crippen MR) is 106 cm³/mol. The molecule has 0 aromatic carbocycles. The standard InChI is InChI=1S/C21H34O7S/c1-4-12-16(22)9-15-11-5-6-14-18(23)19(24)17(28-29(25,26)27)10-21(14,3)13(11)7-8-20(12,15)2/h4,11-19,22-24H,1,5-10H2,2-3H3,(H,25,26,27)/t11-,12+,13+,14+,15+,16+,17+,18-,19+,20-,21-/m1/s1. The van der Waals surface area contributed by atoms with E-state index in [4.69, 9.17) is 8.74 Å². The first-order valence-corrected chi connectivity index (χ1v) is 12.1. The number of aliphatic hydroxyl groups is 3. The van der Waals surface area contributed by atoms with Gasteiger partial charge in [-0.25, -0.2) is 4.18 Å². The van der Waals surface area contributed by atoms with Crippen molar-refractivity contribution in [3.05, 3.63) is 12.7 Å². The van der Waals surface area contributed by atoms with Crippen LogP contribution in [0.1, 0.15) is 52.4 Å². The topological polar surface area (TPSA) is 124 Å². The lowest BCUT2D eigenvalue weighted by atomic mass is 9.44. The predicted octanol–water partition coefficient (Wildman–Crippen LogP) is 1.93. The summed E-state index contributed by atoms with van der Waals surface area (Å²) in [6.07, 6.45) is 2.45. The summed E-state index contributed by atoms with van der Waals surface area (Å²) in [6.45, 7) is 8.29. The molecule has 0 spiro atoms. The zero-order chi connectivity index (χ0) is 21.4. The summed E-state index contributed by atoms with van der Waals surface area (Å²) in [7, 11) is -4.73. The molecule has 11 atom stereocenters. The van der Waals surface area contributed by atoms with Crippen LogP contribution >= 0.6 is 0 Å². The van der Waals surface area contributed by atoms with Gasteiger partial charge in [-0.1, -0.05) is 19.9 Å². The highest BCUT2D eigenvalue weighted by Gasteiger charge is 2.64. The molecule has 4 N–H and O–H groups in total. The first-order valence-electron chi connectivity index (χ1n) is 10.7. The monoisotopic (exact) mass is 430 g/mol. The lowest BCUT2D eigenvalue weighted by Crippen LogP contribution is -2.62. The number of hydrogen-bond donors (Lipinski definition) is 4. The van der Waals surface area contributed by atoms with Gasteiger partial charge in [0.05, 0.1) is 12.2 Å². The van der Waals surface area contributed by atoms with E-state index in [1.165, 1.54) is 0 Å². The molecule has 0 amide bonds. The number of hydrogen-bond acceptors (Lipinski definition) is 6. The molecule has 4 aliphatic carbocycles. The molecule has 4 fully saturated rings. The van der Waals surface area contributed by atoms with Gasteiger partial charge >= 0.3 is 10.4 Å². The SMILES string of the molecule is C=C[C@H]1[C@@H](O)C[C@H]2[C@@H]3CC[C@H]4[C@@H](O)[C@@H](O)[C@@H](OS(=O)(=O)O)C[C@]4(C)[C@H]3CC[C@]12C. The molecule has 8 heteroatoms. The van der Waals surface area contributed by atoms with Crippen LogP contribution < -0.4 is 0 Å². The quantitative estimate of drug-likeness (QED) is 0.398. The van der Waals surface area contributed by atoms with Crippen molar-refractivity contribution in [1.29, 1.82) is 0 Å². The van der Waals surface area contributed by atoms with E-state index in [0.717, 1.165) is 32.1 Å². The largest absolute Gasteiger partial charge is 0.397 e. The third-order valence-electron chi connectivity index (χ3n) is 9.33. The molecule has 4 saturated carbocycles. The molecule has 0 aliphatic heterocycles. The van der Waals surface area contributed by atoms with Crippen molar-refractivity contribution in [2.75, 3.05) is 0 Å². The van der Waals surface area contributed by atoms with Crippen LogP contribution in [0.15, 0.2) is 12.7 Å². The minimum Gasteiger partial charge on any atom is -0.392 e. The molecule has 7 nitrogen and oxygen atoms in total. The Hall–Kier alpha value is -0.510. The lowest BCUT2D eigenvalue weighted by molar-refractivity contribution is -0.202. The van der Waals surface area contributed by atoms with Crippen molar-refractivity contribution in [1.82, 2.24) is 0 Å². The van der Waals surface area contributed by atoms with E-state index >= 15 is 0 Å². The Morgan fingerprint density at radius 3 is 2.31 bits per heavy atom. The maximum absolute atomic E-state index is 11.3. The van der Waals surface area contributed by atoms with Crippen LogP contribution in [0.2, 0.25) is 0 Å². The van der Waals surface area contributed by atoms with Crippen LogP contribution in [-0.2, 0) is 14.6 Å². The molecular formula is C21H34O7S. The fourth-order valence-electron chi connectivity index (χ4n) is 8.09. The third kappa shape index (κ3) is 3.22. The van der Waals surface area contributed by atoms with E-state index < -0.39 is 34.1 Å². The maximum Gasteiger partial charge on any atom is 0.397 e. The van der Waals surface area contributed by atoms with Gasteiger partial charge in [-0.2, -0.15) is 8.42 Å². The van der Waals surface area contributed by atoms with Gasteiger partial charge in [-0.15, -0.1) is 6.58 Å². The van der Waals surface area contributed by atoms with Crippen molar-refractivity contribution in [3.63, 3.8) is 0 Å². The van der Waals surface area contributed by atoms with E-state index in [1.807, 2.05) is 6.08 Å². The summed E-state index contributed by atoms with van der Waals surface area (Å²) in [6, 6.07) is 0. The number of rotatable bonds is 3. The van der Waals surface area contributed by atoms with Crippen LogP contribution in [0.3, 0.4) is 0 Å². The van der Waals surface area contributed by atoms with Gasteiger partial charge in [0.1, 0.15) is 12.2 Å². The Labute approximate surface area is 173 Å². The van der Waals surface area contributed by atoms with Crippen molar-refractivity contribution >= 4 is 10.4 Å².